The zero-order chi connectivity index (χ0) is 12.5. The number of hydrogen-bond acceptors (Lipinski definition) is 3. The molecule has 86 valence electrons. The normalized spacial score (nSPS) is 20.2. The van der Waals surface area contributed by atoms with E-state index < -0.39 is 5.60 Å². The zero-order valence-electron chi connectivity index (χ0n) is 9.71. The van der Waals surface area contributed by atoms with Crippen LogP contribution in [0.1, 0.15) is 13.8 Å². The fourth-order valence-corrected chi connectivity index (χ4v) is 1.74. The summed E-state index contributed by atoms with van der Waals surface area (Å²) in [6, 6.07) is 7.64. The van der Waals surface area contributed by atoms with Crippen LogP contribution in [0.3, 0.4) is 0 Å². The van der Waals surface area contributed by atoms with Crippen molar-refractivity contribution >= 4 is 6.20 Å². The van der Waals surface area contributed by atoms with Crippen molar-refractivity contribution in [2.75, 3.05) is 0 Å². The van der Waals surface area contributed by atoms with Crippen molar-refractivity contribution in [2.45, 2.75) is 19.4 Å². The first-order valence-electron chi connectivity index (χ1n) is 5.25. The van der Waals surface area contributed by atoms with Crippen molar-refractivity contribution in [1.29, 1.82) is 5.26 Å². The van der Waals surface area contributed by atoms with Gasteiger partial charge in [-0.1, -0.05) is 6.07 Å². The molecule has 1 aliphatic rings. The molecular formula is C13H13N2O2+. The molecule has 1 N–H and O–H groups in total. The number of nitriles is 1. The van der Waals surface area contributed by atoms with Gasteiger partial charge in [0, 0.05) is 12.1 Å². The molecule has 1 aromatic rings. The Morgan fingerprint density at radius 3 is 2.59 bits per heavy atom. The number of hydrogen-bond donors (Lipinski definition) is 1. The van der Waals surface area contributed by atoms with E-state index in [4.69, 9.17) is 10.00 Å². The van der Waals surface area contributed by atoms with E-state index in [0.717, 1.165) is 0 Å². The maximum atomic E-state index is 9.56. The molecule has 17 heavy (non-hydrogen) atoms. The Kier molecular flexibility index (Phi) is 2.60. The lowest BCUT2D eigenvalue weighted by Crippen LogP contribution is -2.29. The highest BCUT2D eigenvalue weighted by Crippen LogP contribution is 2.37. The number of aliphatic hydroxyl groups excluding tert-OH is 1. The minimum absolute atomic E-state index is 0.186. The monoisotopic (exact) mass is 229 g/mol. The third-order valence-electron chi connectivity index (χ3n) is 2.61. The standard InChI is InChI=1S/C13H12N2O2/c1-13(2)11(10(8-14)12(16)17-13)9-15-6-4-3-5-7-15/h3-7,9H,1-2H3/p+1/b11-9-. The highest BCUT2D eigenvalue weighted by molar-refractivity contribution is 5.55. The van der Waals surface area contributed by atoms with Crippen molar-refractivity contribution in [2.24, 2.45) is 0 Å². The largest absolute Gasteiger partial charge is 0.480 e. The Hall–Kier alpha value is -2.28. The van der Waals surface area contributed by atoms with Gasteiger partial charge in [0.2, 0.25) is 0 Å². The number of aromatic nitrogens is 1. The van der Waals surface area contributed by atoms with E-state index in [0.29, 0.717) is 5.57 Å². The number of rotatable bonds is 1. The van der Waals surface area contributed by atoms with Gasteiger partial charge in [-0.15, -0.1) is 0 Å². The minimum Gasteiger partial charge on any atom is -0.480 e. The number of pyridine rings is 1. The van der Waals surface area contributed by atoms with Gasteiger partial charge in [0.25, 0.3) is 5.95 Å². The highest BCUT2D eigenvalue weighted by Gasteiger charge is 2.40. The summed E-state index contributed by atoms with van der Waals surface area (Å²) in [5.41, 5.74) is 0.151. The number of aliphatic hydroxyl groups is 1. The summed E-state index contributed by atoms with van der Waals surface area (Å²) in [5, 5.41) is 18.6. The van der Waals surface area contributed by atoms with E-state index in [9.17, 15) is 5.11 Å². The second-order valence-electron chi connectivity index (χ2n) is 4.27. The average molecular weight is 229 g/mol. The summed E-state index contributed by atoms with van der Waals surface area (Å²) in [5.74, 6) is -0.305. The lowest BCUT2D eigenvalue weighted by molar-refractivity contribution is -0.569. The van der Waals surface area contributed by atoms with E-state index in [1.165, 1.54) is 0 Å². The molecule has 2 heterocycles. The van der Waals surface area contributed by atoms with Crippen LogP contribution in [0.15, 0.2) is 47.7 Å². The molecule has 4 heteroatoms. The lowest BCUT2D eigenvalue weighted by atomic mass is 9.95. The molecule has 0 unspecified atom stereocenters. The topological polar surface area (TPSA) is 57.1 Å². The Morgan fingerprint density at radius 2 is 2.00 bits per heavy atom. The van der Waals surface area contributed by atoms with Gasteiger partial charge in [0.15, 0.2) is 18.6 Å². The molecule has 0 atom stereocenters. The van der Waals surface area contributed by atoms with Crippen molar-refractivity contribution in [3.63, 3.8) is 0 Å². The molecule has 0 fully saturated rings. The van der Waals surface area contributed by atoms with Crippen LogP contribution in [0.25, 0.3) is 6.20 Å². The first-order chi connectivity index (χ1) is 8.04. The summed E-state index contributed by atoms with van der Waals surface area (Å²) in [4.78, 5) is 0. The quantitative estimate of drug-likeness (QED) is 0.748. The fourth-order valence-electron chi connectivity index (χ4n) is 1.74. The summed E-state index contributed by atoms with van der Waals surface area (Å²) >= 11 is 0. The Labute approximate surface area is 99.7 Å². The highest BCUT2D eigenvalue weighted by atomic mass is 16.6. The second kappa shape index (κ2) is 3.95. The van der Waals surface area contributed by atoms with Crippen LogP contribution in [0.5, 0.6) is 0 Å². The molecule has 0 amide bonds. The second-order valence-corrected chi connectivity index (χ2v) is 4.27. The molecule has 0 aliphatic carbocycles. The number of nitrogens with zero attached hydrogens (tertiary/aromatic N) is 2. The lowest BCUT2D eigenvalue weighted by Gasteiger charge is -2.18. The van der Waals surface area contributed by atoms with Crippen LogP contribution < -0.4 is 4.57 Å². The Bertz CT molecular complexity index is 536. The SMILES string of the molecule is CC1(C)OC(O)=C(C#N)/C1=C/[n+]1ccccc1. The molecule has 0 saturated heterocycles. The van der Waals surface area contributed by atoms with E-state index >= 15 is 0 Å². The summed E-state index contributed by atoms with van der Waals surface area (Å²) in [7, 11) is 0. The molecule has 0 saturated carbocycles. The summed E-state index contributed by atoms with van der Waals surface area (Å²) in [6.45, 7) is 3.62. The first kappa shape index (κ1) is 11.2. The summed E-state index contributed by atoms with van der Waals surface area (Å²) < 4.78 is 7.08. The Balaban J connectivity index is 2.50. The average Bonchev–Trinajstić information content (AvgIpc) is 2.50. The molecule has 2 rings (SSSR count). The number of ether oxygens (including phenoxy) is 1. The smallest absolute Gasteiger partial charge is 0.296 e. The maximum Gasteiger partial charge on any atom is 0.296 e. The summed E-state index contributed by atoms with van der Waals surface area (Å²) in [6.07, 6.45) is 5.49. The van der Waals surface area contributed by atoms with Crippen molar-refractivity contribution in [3.8, 4) is 6.07 Å². The molecule has 0 spiro atoms. The van der Waals surface area contributed by atoms with E-state index in [2.05, 4.69) is 0 Å². The van der Waals surface area contributed by atoms with Crippen molar-refractivity contribution in [3.05, 3.63) is 47.7 Å². The maximum absolute atomic E-state index is 9.56. The van der Waals surface area contributed by atoms with Gasteiger partial charge in [-0.3, -0.25) is 0 Å². The molecule has 4 nitrogen and oxygen atoms in total. The van der Waals surface area contributed by atoms with Gasteiger partial charge < -0.3 is 9.84 Å². The predicted molar refractivity (Wildman–Crippen MR) is 61.3 cm³/mol. The molecular weight excluding hydrogens is 216 g/mol. The van der Waals surface area contributed by atoms with Crippen LogP contribution in [-0.4, -0.2) is 10.7 Å². The van der Waals surface area contributed by atoms with Crippen molar-refractivity contribution < 1.29 is 14.4 Å². The van der Waals surface area contributed by atoms with Gasteiger partial charge >= 0.3 is 0 Å². The van der Waals surface area contributed by atoms with E-state index in [1.54, 1.807) is 6.20 Å². The van der Waals surface area contributed by atoms with Crippen LogP contribution in [0.2, 0.25) is 0 Å². The molecule has 0 aromatic carbocycles. The zero-order valence-corrected chi connectivity index (χ0v) is 9.71. The van der Waals surface area contributed by atoms with Gasteiger partial charge in [-0.25, -0.2) is 0 Å². The van der Waals surface area contributed by atoms with Crippen LogP contribution in [0.4, 0.5) is 0 Å². The van der Waals surface area contributed by atoms with Gasteiger partial charge in [0.1, 0.15) is 17.2 Å². The minimum atomic E-state index is -0.696. The van der Waals surface area contributed by atoms with Crippen LogP contribution in [0, 0.1) is 11.3 Å². The fraction of sp³-hybridized carbons (Fsp3) is 0.231. The van der Waals surface area contributed by atoms with Gasteiger partial charge in [0.05, 0.1) is 5.57 Å². The Morgan fingerprint density at radius 1 is 1.35 bits per heavy atom. The van der Waals surface area contributed by atoms with E-state index in [1.807, 2.05) is 55.1 Å². The third kappa shape index (κ3) is 2.00. The van der Waals surface area contributed by atoms with Gasteiger partial charge in [-0.05, 0) is 13.8 Å². The molecule has 0 radical (unpaired) electrons. The molecule has 1 aromatic heterocycles. The van der Waals surface area contributed by atoms with Crippen LogP contribution >= 0.6 is 0 Å². The van der Waals surface area contributed by atoms with Crippen molar-refractivity contribution in [1.82, 2.24) is 0 Å². The predicted octanol–water partition coefficient (Wildman–Crippen LogP) is 1.92. The van der Waals surface area contributed by atoms with Crippen LogP contribution in [-0.2, 0) is 4.74 Å². The third-order valence-corrected chi connectivity index (χ3v) is 2.61. The molecule has 0 bridgehead atoms. The molecule has 1 aliphatic heterocycles. The van der Waals surface area contributed by atoms with Gasteiger partial charge in [-0.2, -0.15) is 9.83 Å². The first-order valence-corrected chi connectivity index (χ1v) is 5.25. The van der Waals surface area contributed by atoms with E-state index in [-0.39, 0.29) is 11.5 Å².